The summed E-state index contributed by atoms with van der Waals surface area (Å²) in [4.78, 5) is 9.08. The summed E-state index contributed by atoms with van der Waals surface area (Å²) in [7, 11) is -0.723. The fourth-order valence-electron chi connectivity index (χ4n) is 3.20. The van der Waals surface area contributed by atoms with Gasteiger partial charge in [-0.05, 0) is 29.8 Å². The van der Waals surface area contributed by atoms with E-state index in [0.29, 0.717) is 38.8 Å². The van der Waals surface area contributed by atoms with E-state index in [1.54, 1.807) is 74.9 Å². The van der Waals surface area contributed by atoms with Crippen LogP contribution in [0.2, 0.25) is 5.02 Å². The van der Waals surface area contributed by atoms with Gasteiger partial charge in [-0.15, -0.1) is 0 Å². The molecule has 33 heavy (non-hydrogen) atoms. The van der Waals surface area contributed by atoms with E-state index in [4.69, 9.17) is 21.1 Å². The molecule has 1 aromatic heterocycles. The lowest BCUT2D eigenvalue weighted by molar-refractivity contribution is 0.395. The van der Waals surface area contributed by atoms with Crippen molar-refractivity contribution in [3.05, 3.63) is 77.3 Å². The predicted octanol–water partition coefficient (Wildman–Crippen LogP) is 4.99. The van der Waals surface area contributed by atoms with E-state index in [1.807, 2.05) is 6.07 Å². The highest BCUT2D eigenvalue weighted by molar-refractivity contribution is 7.91. The van der Waals surface area contributed by atoms with E-state index in [9.17, 15) is 8.42 Å². The van der Waals surface area contributed by atoms with Crippen LogP contribution >= 0.6 is 11.6 Å². The minimum absolute atomic E-state index is 0.0671. The molecule has 0 bridgehead atoms. The van der Waals surface area contributed by atoms with E-state index in [1.165, 1.54) is 0 Å². The highest BCUT2D eigenvalue weighted by atomic mass is 35.5. The summed E-state index contributed by atoms with van der Waals surface area (Å²) in [6.45, 7) is 0. The summed E-state index contributed by atoms with van der Waals surface area (Å²) in [6.07, 6.45) is 0. The van der Waals surface area contributed by atoms with Gasteiger partial charge in [0.25, 0.3) is 0 Å². The lowest BCUT2D eigenvalue weighted by atomic mass is 10.2. The number of ether oxygens (including phenoxy) is 2. The highest BCUT2D eigenvalue weighted by Gasteiger charge is 2.18. The third kappa shape index (κ3) is 5.63. The van der Waals surface area contributed by atoms with Gasteiger partial charge < -0.3 is 14.8 Å². The molecule has 0 radical (unpaired) electrons. The number of aromatic nitrogens is 2. The third-order valence-corrected chi connectivity index (χ3v) is 6.14. The molecular formula is C23H21ClN4O4S. The van der Waals surface area contributed by atoms with E-state index in [0.717, 1.165) is 0 Å². The van der Waals surface area contributed by atoms with Gasteiger partial charge >= 0.3 is 0 Å². The first-order valence-corrected chi connectivity index (χ1v) is 11.9. The van der Waals surface area contributed by atoms with Gasteiger partial charge in [-0.2, -0.15) is 0 Å². The van der Waals surface area contributed by atoms with Crippen LogP contribution in [0.15, 0.2) is 66.7 Å². The Kier molecular flexibility index (Phi) is 6.52. The molecule has 0 saturated heterocycles. The number of nitrogens with one attached hydrogen (secondary N) is 2. The van der Waals surface area contributed by atoms with Crippen LogP contribution in [0.25, 0.3) is 11.0 Å². The van der Waals surface area contributed by atoms with Crippen molar-refractivity contribution in [3.63, 3.8) is 0 Å². The van der Waals surface area contributed by atoms with E-state index < -0.39 is 10.0 Å². The second-order valence-corrected chi connectivity index (χ2v) is 9.29. The van der Waals surface area contributed by atoms with Crippen LogP contribution in [0.4, 0.5) is 17.3 Å². The van der Waals surface area contributed by atoms with Gasteiger partial charge in [0.05, 0.1) is 31.0 Å². The molecule has 0 aliphatic carbocycles. The molecule has 0 aliphatic heterocycles. The Labute approximate surface area is 196 Å². The van der Waals surface area contributed by atoms with Gasteiger partial charge in [-0.25, -0.2) is 18.4 Å². The van der Waals surface area contributed by atoms with Crippen molar-refractivity contribution in [3.8, 4) is 11.5 Å². The average molecular weight is 485 g/mol. The zero-order valence-corrected chi connectivity index (χ0v) is 19.4. The summed E-state index contributed by atoms with van der Waals surface area (Å²) in [5, 5.41) is 3.59. The number of sulfonamides is 1. The highest BCUT2D eigenvalue weighted by Crippen LogP contribution is 2.31. The van der Waals surface area contributed by atoms with Gasteiger partial charge in [0.15, 0.2) is 11.6 Å². The zero-order valence-electron chi connectivity index (χ0n) is 17.9. The van der Waals surface area contributed by atoms with Crippen molar-refractivity contribution >= 4 is 50.0 Å². The maximum atomic E-state index is 12.9. The zero-order chi connectivity index (χ0) is 23.4. The molecule has 0 fully saturated rings. The minimum Gasteiger partial charge on any atom is -0.497 e. The molecule has 10 heteroatoms. The molecule has 2 N–H and O–H groups in total. The van der Waals surface area contributed by atoms with Gasteiger partial charge in [0.2, 0.25) is 10.0 Å². The Morgan fingerprint density at radius 2 is 1.48 bits per heavy atom. The Hall–Kier alpha value is -3.56. The molecule has 1 heterocycles. The molecule has 0 unspecified atom stereocenters. The summed E-state index contributed by atoms with van der Waals surface area (Å²) in [5.41, 5.74) is 2.29. The predicted molar refractivity (Wildman–Crippen MR) is 130 cm³/mol. The SMILES string of the molecule is COc1cc(Nc2nc3ccccc3nc2NS(=O)(=O)Cc2cccc(Cl)c2)cc(OC)c1. The van der Waals surface area contributed by atoms with Crippen molar-refractivity contribution in [2.45, 2.75) is 5.75 Å². The molecular weight excluding hydrogens is 464 g/mol. The molecule has 0 aliphatic rings. The van der Waals surface area contributed by atoms with Crippen LogP contribution in [-0.4, -0.2) is 32.6 Å². The number of methoxy groups -OCH3 is 2. The maximum Gasteiger partial charge on any atom is 0.238 e. The van der Waals surface area contributed by atoms with Crippen LogP contribution < -0.4 is 19.5 Å². The number of hydrogen-bond donors (Lipinski definition) is 2. The third-order valence-electron chi connectivity index (χ3n) is 4.68. The molecule has 0 atom stereocenters. The summed E-state index contributed by atoms with van der Waals surface area (Å²) >= 11 is 6.00. The normalized spacial score (nSPS) is 11.2. The molecule has 4 aromatic rings. The lowest BCUT2D eigenvalue weighted by Crippen LogP contribution is -2.17. The number of para-hydroxylation sites is 2. The number of hydrogen-bond acceptors (Lipinski definition) is 7. The molecule has 8 nitrogen and oxygen atoms in total. The number of benzene rings is 3. The van der Waals surface area contributed by atoms with Gasteiger partial charge in [-0.1, -0.05) is 35.9 Å². The second kappa shape index (κ2) is 9.51. The Morgan fingerprint density at radius 1 is 0.848 bits per heavy atom. The van der Waals surface area contributed by atoms with Crippen LogP contribution in [0.1, 0.15) is 5.56 Å². The van der Waals surface area contributed by atoms with Crippen molar-refractivity contribution < 1.29 is 17.9 Å². The lowest BCUT2D eigenvalue weighted by Gasteiger charge is -2.15. The monoisotopic (exact) mass is 484 g/mol. The quantitative estimate of drug-likeness (QED) is 0.363. The fraction of sp³-hybridized carbons (Fsp3) is 0.130. The van der Waals surface area contributed by atoms with E-state index >= 15 is 0 Å². The summed E-state index contributed by atoms with van der Waals surface area (Å²) in [5.74, 6) is 1.16. The fourth-order valence-corrected chi connectivity index (χ4v) is 4.54. The Balaban J connectivity index is 1.72. The van der Waals surface area contributed by atoms with E-state index in [-0.39, 0.29) is 17.4 Å². The van der Waals surface area contributed by atoms with Crippen molar-refractivity contribution in [1.29, 1.82) is 0 Å². The molecule has 3 aromatic carbocycles. The van der Waals surface area contributed by atoms with Crippen LogP contribution in [0.5, 0.6) is 11.5 Å². The molecule has 4 rings (SSSR count). The number of rotatable bonds is 8. The largest absolute Gasteiger partial charge is 0.497 e. The molecule has 0 amide bonds. The molecule has 0 saturated carbocycles. The number of anilines is 3. The average Bonchev–Trinajstić information content (AvgIpc) is 2.78. The number of fused-ring (bicyclic) bond motifs is 1. The first-order chi connectivity index (χ1) is 15.8. The second-order valence-electron chi connectivity index (χ2n) is 7.13. The summed E-state index contributed by atoms with van der Waals surface area (Å²) < 4.78 is 39.0. The van der Waals surface area contributed by atoms with Gasteiger partial charge in [-0.3, -0.25) is 4.72 Å². The summed E-state index contributed by atoms with van der Waals surface area (Å²) in [6, 6.07) is 19.1. The van der Waals surface area contributed by atoms with Gasteiger partial charge in [0.1, 0.15) is 11.5 Å². The first-order valence-electron chi connectivity index (χ1n) is 9.87. The molecule has 170 valence electrons. The Bertz CT molecular complexity index is 1390. The first kappa shape index (κ1) is 22.6. The number of nitrogens with zero attached hydrogens (tertiary/aromatic N) is 2. The Morgan fingerprint density at radius 3 is 2.09 bits per heavy atom. The number of halogens is 1. The maximum absolute atomic E-state index is 12.9. The van der Waals surface area contributed by atoms with Crippen molar-refractivity contribution in [1.82, 2.24) is 9.97 Å². The standard InChI is InChI=1S/C23H21ClN4O4S/c1-31-18-11-17(12-19(13-18)32-2)25-22-23(27-21-9-4-3-8-20(21)26-22)28-33(29,30)14-15-6-5-7-16(24)10-15/h3-13H,14H2,1-2H3,(H,25,26)(H,27,28). The van der Waals surface area contributed by atoms with Crippen molar-refractivity contribution in [2.75, 3.05) is 24.3 Å². The topological polar surface area (TPSA) is 102 Å². The van der Waals surface area contributed by atoms with Gasteiger partial charge in [0, 0.05) is 28.9 Å². The minimum atomic E-state index is -3.81. The van der Waals surface area contributed by atoms with E-state index in [2.05, 4.69) is 20.0 Å². The van der Waals surface area contributed by atoms with Crippen LogP contribution in [0, 0.1) is 0 Å². The van der Waals surface area contributed by atoms with Crippen molar-refractivity contribution in [2.24, 2.45) is 0 Å². The molecule has 0 spiro atoms. The smallest absolute Gasteiger partial charge is 0.238 e. The van der Waals surface area contributed by atoms with Crippen LogP contribution in [0.3, 0.4) is 0 Å². The van der Waals surface area contributed by atoms with Crippen LogP contribution in [-0.2, 0) is 15.8 Å².